The minimum absolute atomic E-state index is 0.117. The summed E-state index contributed by atoms with van der Waals surface area (Å²) in [5, 5.41) is 12.1. The van der Waals surface area contributed by atoms with Crippen LogP contribution in [-0.4, -0.2) is 47.7 Å². The Morgan fingerprint density at radius 3 is 2.45 bits per heavy atom. The maximum Gasteiger partial charge on any atom is 0.408 e. The molecule has 22 heavy (non-hydrogen) atoms. The molecule has 1 aromatic carbocycles. The average molecular weight is 308 g/mol. The van der Waals surface area contributed by atoms with Crippen molar-refractivity contribution in [2.45, 2.75) is 38.8 Å². The van der Waals surface area contributed by atoms with Gasteiger partial charge in [-0.15, -0.1) is 0 Å². The zero-order valence-electron chi connectivity index (χ0n) is 13.7. The van der Waals surface area contributed by atoms with E-state index < -0.39 is 17.7 Å². The van der Waals surface area contributed by atoms with Crippen LogP contribution in [0.25, 0.3) is 0 Å². The third-order valence-corrected chi connectivity index (χ3v) is 2.78. The molecule has 122 valence electrons. The fourth-order valence-corrected chi connectivity index (χ4v) is 1.88. The molecule has 1 atom stereocenters. The molecule has 6 nitrogen and oxygen atoms in total. The molecule has 2 N–H and O–H groups in total. The van der Waals surface area contributed by atoms with Crippen molar-refractivity contribution in [1.29, 1.82) is 0 Å². The first-order valence-electron chi connectivity index (χ1n) is 7.07. The summed E-state index contributed by atoms with van der Waals surface area (Å²) in [5.74, 6) is -0.125. The van der Waals surface area contributed by atoms with Crippen molar-refractivity contribution in [3.8, 4) is 5.75 Å². The van der Waals surface area contributed by atoms with E-state index in [0.29, 0.717) is 0 Å². The van der Waals surface area contributed by atoms with Gasteiger partial charge in [-0.05, 0) is 38.5 Å². The number of ether oxygens (including phenoxy) is 1. The van der Waals surface area contributed by atoms with E-state index in [4.69, 9.17) is 4.74 Å². The molecule has 0 saturated heterocycles. The molecule has 6 heteroatoms. The number of carbonyl (C=O) groups is 2. The van der Waals surface area contributed by atoms with Gasteiger partial charge in [0, 0.05) is 20.5 Å². The van der Waals surface area contributed by atoms with Crippen molar-refractivity contribution < 1.29 is 19.4 Å². The van der Waals surface area contributed by atoms with Gasteiger partial charge in [-0.25, -0.2) is 4.79 Å². The summed E-state index contributed by atoms with van der Waals surface area (Å²) in [6.07, 6.45) is -0.377. The molecule has 0 spiro atoms. The molecular weight excluding hydrogens is 284 g/mol. The lowest BCUT2D eigenvalue weighted by molar-refractivity contribution is -0.130. The topological polar surface area (TPSA) is 78.9 Å². The number of alkyl carbamates (subject to hydrolysis) is 1. The van der Waals surface area contributed by atoms with Gasteiger partial charge in [-0.1, -0.05) is 12.1 Å². The van der Waals surface area contributed by atoms with Gasteiger partial charge >= 0.3 is 6.09 Å². The van der Waals surface area contributed by atoms with E-state index in [0.717, 1.165) is 5.56 Å². The quantitative estimate of drug-likeness (QED) is 0.890. The van der Waals surface area contributed by atoms with Gasteiger partial charge < -0.3 is 20.1 Å². The predicted octanol–water partition coefficient (Wildman–Crippen LogP) is 1.92. The summed E-state index contributed by atoms with van der Waals surface area (Å²) < 4.78 is 5.19. The molecule has 2 amide bonds. The van der Waals surface area contributed by atoms with Gasteiger partial charge in [0.15, 0.2) is 0 Å². The average Bonchev–Trinajstić information content (AvgIpc) is 2.34. The van der Waals surface area contributed by atoms with Crippen molar-refractivity contribution in [1.82, 2.24) is 10.2 Å². The third kappa shape index (κ3) is 6.03. The molecule has 0 aromatic heterocycles. The lowest BCUT2D eigenvalue weighted by Gasteiger charge is -2.25. The first kappa shape index (κ1) is 17.8. The third-order valence-electron chi connectivity index (χ3n) is 2.78. The van der Waals surface area contributed by atoms with E-state index in [1.807, 2.05) is 0 Å². The highest BCUT2D eigenvalue weighted by Crippen LogP contribution is 2.14. The first-order chi connectivity index (χ1) is 10.1. The van der Waals surface area contributed by atoms with Crippen LogP contribution in [0.1, 0.15) is 26.3 Å². The van der Waals surface area contributed by atoms with Crippen molar-refractivity contribution in [3.63, 3.8) is 0 Å². The molecule has 1 aromatic rings. The van der Waals surface area contributed by atoms with E-state index in [-0.39, 0.29) is 18.1 Å². The fourth-order valence-electron chi connectivity index (χ4n) is 1.88. The maximum atomic E-state index is 12.2. The number of nitrogens with one attached hydrogen (secondary N) is 1. The minimum Gasteiger partial charge on any atom is -0.508 e. The number of amides is 2. The molecular formula is C16H24N2O4. The van der Waals surface area contributed by atoms with Crippen LogP contribution in [0, 0.1) is 0 Å². The highest BCUT2D eigenvalue weighted by atomic mass is 16.6. The number of aromatic hydroxyl groups is 1. The summed E-state index contributed by atoms with van der Waals surface area (Å²) in [6.45, 7) is 5.26. The van der Waals surface area contributed by atoms with Crippen LogP contribution in [-0.2, 0) is 16.0 Å². The van der Waals surface area contributed by atoms with Crippen LogP contribution >= 0.6 is 0 Å². The standard InChI is InChI=1S/C16H24N2O4/c1-16(2,3)22-15(21)17-13(14(20)18(4)5)10-11-7-6-8-12(19)9-11/h6-9,13,19H,10H2,1-5H3,(H,17,21). The second kappa shape index (κ2) is 7.15. The van der Waals surface area contributed by atoms with Crippen molar-refractivity contribution in [2.75, 3.05) is 14.1 Å². The molecule has 0 heterocycles. The number of hydrogen-bond acceptors (Lipinski definition) is 4. The molecule has 0 bridgehead atoms. The van der Waals surface area contributed by atoms with Gasteiger partial charge in [0.05, 0.1) is 0 Å². The highest BCUT2D eigenvalue weighted by molar-refractivity contribution is 5.85. The monoisotopic (exact) mass is 308 g/mol. The van der Waals surface area contributed by atoms with Crippen LogP contribution in [0.4, 0.5) is 4.79 Å². The second-order valence-corrected chi connectivity index (χ2v) is 6.31. The van der Waals surface area contributed by atoms with Gasteiger partial charge in [-0.2, -0.15) is 0 Å². The predicted molar refractivity (Wildman–Crippen MR) is 83.7 cm³/mol. The Balaban J connectivity index is 2.85. The Morgan fingerprint density at radius 2 is 1.95 bits per heavy atom. The molecule has 0 radical (unpaired) electrons. The molecule has 0 fully saturated rings. The lowest BCUT2D eigenvalue weighted by Crippen LogP contribution is -2.48. The summed E-state index contributed by atoms with van der Waals surface area (Å²) >= 11 is 0. The van der Waals surface area contributed by atoms with Crippen molar-refractivity contribution in [3.05, 3.63) is 29.8 Å². The van der Waals surface area contributed by atoms with Crippen LogP contribution < -0.4 is 5.32 Å². The largest absolute Gasteiger partial charge is 0.508 e. The Bertz CT molecular complexity index is 535. The summed E-state index contributed by atoms with van der Waals surface area (Å²) in [7, 11) is 3.24. The number of benzene rings is 1. The first-order valence-corrected chi connectivity index (χ1v) is 7.07. The number of carbonyl (C=O) groups excluding carboxylic acids is 2. The van der Waals surface area contributed by atoms with E-state index in [1.54, 1.807) is 59.1 Å². The van der Waals surface area contributed by atoms with E-state index in [2.05, 4.69) is 5.32 Å². The maximum absolute atomic E-state index is 12.2. The van der Waals surface area contributed by atoms with Crippen molar-refractivity contribution >= 4 is 12.0 Å². The normalized spacial score (nSPS) is 12.4. The Labute approximate surface area is 131 Å². The number of hydrogen-bond donors (Lipinski definition) is 2. The van der Waals surface area contributed by atoms with Gasteiger partial charge in [0.2, 0.25) is 5.91 Å². The van der Waals surface area contributed by atoms with Gasteiger partial charge in [-0.3, -0.25) is 4.79 Å². The molecule has 0 aliphatic carbocycles. The Morgan fingerprint density at radius 1 is 1.32 bits per heavy atom. The number of phenolic OH excluding ortho intramolecular Hbond substituents is 1. The molecule has 0 saturated carbocycles. The zero-order valence-corrected chi connectivity index (χ0v) is 13.7. The lowest BCUT2D eigenvalue weighted by atomic mass is 10.0. The van der Waals surface area contributed by atoms with E-state index in [1.165, 1.54) is 4.90 Å². The SMILES string of the molecule is CN(C)C(=O)C(Cc1cccc(O)c1)NC(=O)OC(C)(C)C. The highest BCUT2D eigenvalue weighted by Gasteiger charge is 2.25. The van der Waals surface area contributed by atoms with Gasteiger partial charge in [0.1, 0.15) is 17.4 Å². The Hall–Kier alpha value is -2.24. The molecule has 0 aliphatic heterocycles. The summed E-state index contributed by atoms with van der Waals surface area (Å²) in [5.41, 5.74) is 0.108. The number of nitrogens with zero attached hydrogens (tertiary/aromatic N) is 1. The van der Waals surface area contributed by atoms with Crippen molar-refractivity contribution in [2.24, 2.45) is 0 Å². The van der Waals surface area contributed by atoms with Gasteiger partial charge in [0.25, 0.3) is 0 Å². The van der Waals surface area contributed by atoms with Crippen LogP contribution in [0.3, 0.4) is 0 Å². The molecule has 1 unspecified atom stereocenters. The van der Waals surface area contributed by atoms with Crippen LogP contribution in [0.15, 0.2) is 24.3 Å². The minimum atomic E-state index is -0.758. The molecule has 0 aliphatic rings. The smallest absolute Gasteiger partial charge is 0.408 e. The Kier molecular flexibility index (Phi) is 5.79. The summed E-state index contributed by atoms with van der Waals surface area (Å²) in [6, 6.07) is 5.83. The number of rotatable bonds is 4. The van der Waals surface area contributed by atoms with Crippen LogP contribution in [0.5, 0.6) is 5.75 Å². The zero-order chi connectivity index (χ0) is 16.9. The fraction of sp³-hybridized carbons (Fsp3) is 0.500. The van der Waals surface area contributed by atoms with Crippen LogP contribution in [0.2, 0.25) is 0 Å². The summed E-state index contributed by atoms with van der Waals surface area (Å²) in [4.78, 5) is 25.5. The molecule has 1 rings (SSSR count). The second-order valence-electron chi connectivity index (χ2n) is 6.31. The number of likely N-dealkylation sites (N-methyl/N-ethyl adjacent to an activating group) is 1. The van der Waals surface area contributed by atoms with E-state index >= 15 is 0 Å². The number of phenols is 1. The van der Waals surface area contributed by atoms with E-state index in [9.17, 15) is 14.7 Å².